The number of rotatable bonds is 8. The lowest BCUT2D eigenvalue weighted by Gasteiger charge is -2.17. The summed E-state index contributed by atoms with van der Waals surface area (Å²) in [5.74, 6) is -0.854. The summed E-state index contributed by atoms with van der Waals surface area (Å²) < 4.78 is 0. The van der Waals surface area contributed by atoms with Crippen LogP contribution >= 0.6 is 0 Å². The van der Waals surface area contributed by atoms with Gasteiger partial charge in [-0.25, -0.2) is 4.79 Å². The molecule has 1 amide bonds. The van der Waals surface area contributed by atoms with E-state index < -0.39 is 5.97 Å². The van der Waals surface area contributed by atoms with E-state index in [-0.39, 0.29) is 11.9 Å². The molecule has 0 bridgehead atoms. The van der Waals surface area contributed by atoms with Crippen LogP contribution in [0.2, 0.25) is 0 Å². The fourth-order valence-electron chi connectivity index (χ4n) is 2.06. The van der Waals surface area contributed by atoms with Gasteiger partial charge in [0.05, 0.1) is 5.56 Å². The van der Waals surface area contributed by atoms with Gasteiger partial charge in [0, 0.05) is 25.6 Å². The average Bonchev–Trinajstić information content (AvgIpc) is 2.42. The summed E-state index contributed by atoms with van der Waals surface area (Å²) in [4.78, 5) is 24.7. The highest BCUT2D eigenvalue weighted by Gasteiger charge is 2.10. The molecule has 0 saturated carbocycles. The van der Waals surface area contributed by atoms with E-state index in [0.29, 0.717) is 24.9 Å². The summed E-state index contributed by atoms with van der Waals surface area (Å²) in [5.41, 5.74) is 1.17. The van der Waals surface area contributed by atoms with Crippen LogP contribution in [0.3, 0.4) is 0 Å². The second kappa shape index (κ2) is 8.42. The van der Waals surface area contributed by atoms with Crippen LogP contribution in [0.4, 0.5) is 0 Å². The molecule has 5 nitrogen and oxygen atoms in total. The lowest BCUT2D eigenvalue weighted by atomic mass is 10.0. The van der Waals surface area contributed by atoms with Crippen molar-refractivity contribution in [3.8, 4) is 0 Å². The molecule has 0 fully saturated rings. The first-order valence-corrected chi connectivity index (χ1v) is 7.19. The Kier molecular flexibility index (Phi) is 6.88. The third-order valence-corrected chi connectivity index (χ3v) is 3.18. The highest BCUT2D eigenvalue weighted by molar-refractivity contribution is 5.89. The summed E-state index contributed by atoms with van der Waals surface area (Å²) in [6.07, 6.45) is 1.11. The molecule has 1 rings (SSSR count). The molecule has 0 aromatic heterocycles. The van der Waals surface area contributed by atoms with Crippen LogP contribution in [-0.4, -0.2) is 48.1 Å². The van der Waals surface area contributed by atoms with Crippen LogP contribution in [0.25, 0.3) is 0 Å². The Balaban J connectivity index is 2.41. The molecule has 21 heavy (non-hydrogen) atoms. The van der Waals surface area contributed by atoms with Gasteiger partial charge in [0.1, 0.15) is 0 Å². The molecule has 0 aliphatic heterocycles. The van der Waals surface area contributed by atoms with Gasteiger partial charge in [0.25, 0.3) is 0 Å². The monoisotopic (exact) mass is 292 g/mol. The molecule has 0 unspecified atom stereocenters. The van der Waals surface area contributed by atoms with Gasteiger partial charge in [-0.1, -0.05) is 18.2 Å². The van der Waals surface area contributed by atoms with Crippen molar-refractivity contribution in [3.05, 3.63) is 35.4 Å². The number of carboxylic acids is 1. The Hall–Kier alpha value is -1.88. The van der Waals surface area contributed by atoms with Crippen molar-refractivity contribution >= 4 is 11.9 Å². The molecular weight excluding hydrogens is 268 g/mol. The molecular formula is C16H24N2O3. The Bertz CT molecular complexity index is 486. The number of amides is 1. The topological polar surface area (TPSA) is 69.6 Å². The number of hydrogen-bond acceptors (Lipinski definition) is 3. The number of aromatic carboxylic acids is 1. The number of nitrogens with one attached hydrogen (secondary N) is 1. The Morgan fingerprint density at radius 3 is 2.52 bits per heavy atom. The van der Waals surface area contributed by atoms with Gasteiger partial charge in [0.15, 0.2) is 0 Å². The van der Waals surface area contributed by atoms with Crippen molar-refractivity contribution in [2.45, 2.75) is 32.7 Å². The number of benzene rings is 1. The van der Waals surface area contributed by atoms with Crippen molar-refractivity contribution < 1.29 is 14.7 Å². The standard InChI is InChI=1S/C16H24N2O3/c1-12(2)17-15(19)9-11-18(3)10-8-13-6-4-5-7-14(13)16(20)21/h4-7,12H,8-11H2,1-3H3,(H,17,19)(H,20,21). The van der Waals surface area contributed by atoms with E-state index in [1.807, 2.05) is 37.9 Å². The molecule has 0 spiro atoms. The number of carbonyl (C=O) groups is 2. The number of carbonyl (C=O) groups excluding carboxylic acids is 1. The maximum atomic E-state index is 11.6. The second-order valence-electron chi connectivity index (χ2n) is 5.49. The number of likely N-dealkylation sites (N-methyl/N-ethyl adjacent to an activating group) is 1. The maximum absolute atomic E-state index is 11.6. The van der Waals surface area contributed by atoms with Gasteiger partial charge in [-0.15, -0.1) is 0 Å². The van der Waals surface area contributed by atoms with Crippen molar-refractivity contribution in [2.75, 3.05) is 20.1 Å². The lowest BCUT2D eigenvalue weighted by molar-refractivity contribution is -0.121. The predicted octanol–water partition coefficient (Wildman–Crippen LogP) is 1.77. The van der Waals surface area contributed by atoms with Crippen LogP contribution in [0, 0.1) is 0 Å². The minimum atomic E-state index is -0.899. The van der Waals surface area contributed by atoms with E-state index in [9.17, 15) is 9.59 Å². The molecule has 0 heterocycles. The SMILES string of the molecule is CC(C)NC(=O)CCN(C)CCc1ccccc1C(=O)O. The normalized spacial score (nSPS) is 10.9. The minimum absolute atomic E-state index is 0.0442. The van der Waals surface area contributed by atoms with Gasteiger partial charge < -0.3 is 15.3 Å². The molecule has 116 valence electrons. The van der Waals surface area contributed by atoms with Gasteiger partial charge in [0.2, 0.25) is 5.91 Å². The zero-order valence-electron chi connectivity index (χ0n) is 12.9. The lowest BCUT2D eigenvalue weighted by Crippen LogP contribution is -2.33. The van der Waals surface area contributed by atoms with Gasteiger partial charge >= 0.3 is 5.97 Å². The smallest absolute Gasteiger partial charge is 0.335 e. The highest BCUT2D eigenvalue weighted by atomic mass is 16.4. The van der Waals surface area contributed by atoms with Crippen molar-refractivity contribution in [1.29, 1.82) is 0 Å². The number of hydrogen-bond donors (Lipinski definition) is 2. The Morgan fingerprint density at radius 2 is 1.90 bits per heavy atom. The van der Waals surface area contributed by atoms with Crippen molar-refractivity contribution in [2.24, 2.45) is 0 Å². The van der Waals surface area contributed by atoms with Crippen molar-refractivity contribution in [1.82, 2.24) is 10.2 Å². The molecule has 0 aliphatic carbocycles. The van der Waals surface area contributed by atoms with E-state index in [4.69, 9.17) is 5.11 Å². The third-order valence-electron chi connectivity index (χ3n) is 3.18. The number of nitrogens with zero attached hydrogens (tertiary/aromatic N) is 1. The predicted molar refractivity (Wildman–Crippen MR) is 82.5 cm³/mol. The van der Waals surface area contributed by atoms with Gasteiger partial charge in [-0.2, -0.15) is 0 Å². The van der Waals surface area contributed by atoms with Gasteiger partial charge in [-0.3, -0.25) is 4.79 Å². The summed E-state index contributed by atoms with van der Waals surface area (Å²) in [5, 5.41) is 12.0. The quantitative estimate of drug-likeness (QED) is 0.766. The molecule has 0 radical (unpaired) electrons. The summed E-state index contributed by atoms with van der Waals surface area (Å²) in [6, 6.07) is 7.19. The molecule has 0 aliphatic rings. The molecule has 5 heteroatoms. The first-order valence-electron chi connectivity index (χ1n) is 7.19. The molecule has 0 atom stereocenters. The Morgan fingerprint density at radius 1 is 1.24 bits per heavy atom. The average molecular weight is 292 g/mol. The number of carboxylic acid groups (broad SMARTS) is 1. The first-order chi connectivity index (χ1) is 9.90. The molecule has 1 aromatic rings. The van der Waals surface area contributed by atoms with Crippen LogP contribution < -0.4 is 5.32 Å². The fourth-order valence-corrected chi connectivity index (χ4v) is 2.06. The minimum Gasteiger partial charge on any atom is -0.478 e. The summed E-state index contributed by atoms with van der Waals surface area (Å²) >= 11 is 0. The first kappa shape index (κ1) is 17.2. The summed E-state index contributed by atoms with van der Waals surface area (Å²) in [6.45, 7) is 5.25. The van der Waals surface area contributed by atoms with E-state index in [0.717, 1.165) is 12.1 Å². The van der Waals surface area contributed by atoms with Crippen LogP contribution in [0.5, 0.6) is 0 Å². The second-order valence-corrected chi connectivity index (χ2v) is 5.49. The third kappa shape index (κ3) is 6.40. The van der Waals surface area contributed by atoms with E-state index in [1.165, 1.54) is 0 Å². The maximum Gasteiger partial charge on any atom is 0.335 e. The summed E-state index contributed by atoms with van der Waals surface area (Å²) in [7, 11) is 1.94. The van der Waals surface area contributed by atoms with Crippen LogP contribution in [0.1, 0.15) is 36.2 Å². The largest absolute Gasteiger partial charge is 0.478 e. The molecule has 0 saturated heterocycles. The van der Waals surface area contributed by atoms with E-state index in [1.54, 1.807) is 12.1 Å². The van der Waals surface area contributed by atoms with E-state index in [2.05, 4.69) is 5.32 Å². The van der Waals surface area contributed by atoms with Gasteiger partial charge in [-0.05, 0) is 38.9 Å². The molecule has 2 N–H and O–H groups in total. The Labute approximate surface area is 126 Å². The molecule has 1 aromatic carbocycles. The fraction of sp³-hybridized carbons (Fsp3) is 0.500. The van der Waals surface area contributed by atoms with Crippen LogP contribution in [0.15, 0.2) is 24.3 Å². The van der Waals surface area contributed by atoms with Crippen LogP contribution in [-0.2, 0) is 11.2 Å². The zero-order chi connectivity index (χ0) is 15.8. The zero-order valence-corrected chi connectivity index (χ0v) is 12.9. The van der Waals surface area contributed by atoms with E-state index >= 15 is 0 Å². The van der Waals surface area contributed by atoms with Crippen molar-refractivity contribution in [3.63, 3.8) is 0 Å². The highest BCUT2D eigenvalue weighted by Crippen LogP contribution is 2.10.